The van der Waals surface area contributed by atoms with E-state index >= 15 is 0 Å². The third-order valence-electron chi connectivity index (χ3n) is 5.34. The van der Waals surface area contributed by atoms with Gasteiger partial charge in [0.2, 0.25) is 0 Å². The van der Waals surface area contributed by atoms with E-state index in [0.29, 0.717) is 0 Å². The van der Waals surface area contributed by atoms with Gasteiger partial charge in [0.15, 0.2) is 0 Å². The molecule has 22 heavy (non-hydrogen) atoms. The van der Waals surface area contributed by atoms with Gasteiger partial charge in [-0.15, -0.1) is 0 Å². The number of hydrogen-bond donors (Lipinski definition) is 0. The summed E-state index contributed by atoms with van der Waals surface area (Å²) in [6.07, 6.45) is 7.43. The molecule has 1 aromatic carbocycles. The summed E-state index contributed by atoms with van der Waals surface area (Å²) < 4.78 is 0. The molecular weight excluding hydrogens is 270 g/mol. The van der Waals surface area contributed by atoms with Gasteiger partial charge in [-0.2, -0.15) is 10.2 Å². The Balaban J connectivity index is 0.000000133. The molecular formula is C19H27N3. The second-order valence-electron chi connectivity index (χ2n) is 6.80. The molecule has 2 aromatic rings. The second kappa shape index (κ2) is 6.74. The second-order valence-corrected chi connectivity index (χ2v) is 6.80. The highest BCUT2D eigenvalue weighted by molar-refractivity contribution is 5.85. The molecule has 1 aliphatic carbocycles. The highest BCUT2D eigenvalue weighted by Gasteiger charge is 2.32. The van der Waals surface area contributed by atoms with Crippen molar-refractivity contribution in [1.29, 1.82) is 0 Å². The van der Waals surface area contributed by atoms with Gasteiger partial charge in [-0.25, -0.2) is 0 Å². The van der Waals surface area contributed by atoms with Crippen LogP contribution in [-0.4, -0.2) is 34.7 Å². The Bertz CT molecular complexity index is 595. The van der Waals surface area contributed by atoms with Gasteiger partial charge in [-0.3, -0.25) is 0 Å². The monoisotopic (exact) mass is 297 g/mol. The van der Waals surface area contributed by atoms with Crippen molar-refractivity contribution in [3.05, 3.63) is 35.7 Å². The topological polar surface area (TPSA) is 29.0 Å². The highest BCUT2D eigenvalue weighted by Crippen LogP contribution is 2.34. The van der Waals surface area contributed by atoms with E-state index in [9.17, 15) is 0 Å². The molecule has 0 radical (unpaired) electrons. The SMILES string of the molecule is CN1CCC2CCCCC21.Cc1nnc(C)c2ccccc12. The maximum absolute atomic E-state index is 4.06. The van der Waals surface area contributed by atoms with E-state index < -0.39 is 0 Å². The standard InChI is InChI=1S/C10H10N2.C9H17N/c1-7-9-5-3-4-6-10(9)8(2)12-11-7;1-10-7-6-8-4-2-3-5-9(8)10/h3-6H,1-2H3;8-9H,2-7H2,1H3. The zero-order valence-electron chi connectivity index (χ0n) is 14.0. The van der Waals surface area contributed by atoms with Crippen molar-refractivity contribution in [1.82, 2.24) is 15.1 Å². The van der Waals surface area contributed by atoms with Crippen molar-refractivity contribution in [2.75, 3.05) is 13.6 Å². The highest BCUT2D eigenvalue weighted by atomic mass is 15.2. The molecule has 4 rings (SSSR count). The summed E-state index contributed by atoms with van der Waals surface area (Å²) in [5, 5.41) is 10.5. The van der Waals surface area contributed by atoms with Gasteiger partial charge in [-0.05, 0) is 52.6 Å². The van der Waals surface area contributed by atoms with Crippen LogP contribution in [0.1, 0.15) is 43.5 Å². The van der Waals surface area contributed by atoms with Crippen LogP contribution in [0, 0.1) is 19.8 Å². The van der Waals surface area contributed by atoms with Crippen LogP contribution in [0.5, 0.6) is 0 Å². The van der Waals surface area contributed by atoms with Crippen molar-refractivity contribution >= 4 is 10.8 Å². The van der Waals surface area contributed by atoms with Crippen LogP contribution in [0.15, 0.2) is 24.3 Å². The van der Waals surface area contributed by atoms with Crippen LogP contribution < -0.4 is 0 Å². The number of aryl methyl sites for hydroxylation is 2. The molecule has 118 valence electrons. The first kappa shape index (κ1) is 15.4. The summed E-state index contributed by atoms with van der Waals surface area (Å²) in [6, 6.07) is 9.17. The van der Waals surface area contributed by atoms with Crippen LogP contribution in [0.3, 0.4) is 0 Å². The maximum atomic E-state index is 4.06. The fourth-order valence-electron chi connectivity index (χ4n) is 4.01. The zero-order valence-corrected chi connectivity index (χ0v) is 14.0. The van der Waals surface area contributed by atoms with Crippen molar-refractivity contribution in [2.24, 2.45) is 5.92 Å². The number of likely N-dealkylation sites (tertiary alicyclic amines) is 1. The molecule has 0 N–H and O–H groups in total. The lowest BCUT2D eigenvalue weighted by Crippen LogP contribution is -2.31. The van der Waals surface area contributed by atoms with Crippen molar-refractivity contribution in [3.8, 4) is 0 Å². The molecule has 2 heterocycles. The van der Waals surface area contributed by atoms with Crippen LogP contribution in [0.25, 0.3) is 10.8 Å². The first-order chi connectivity index (χ1) is 10.7. The first-order valence-electron chi connectivity index (χ1n) is 8.55. The smallest absolute Gasteiger partial charge is 0.0678 e. The minimum atomic E-state index is 0.966. The molecule has 2 atom stereocenters. The molecule has 2 unspecified atom stereocenters. The minimum Gasteiger partial charge on any atom is -0.303 e. The fraction of sp³-hybridized carbons (Fsp3) is 0.579. The number of fused-ring (bicyclic) bond motifs is 2. The normalized spacial score (nSPS) is 24.7. The van der Waals surface area contributed by atoms with Gasteiger partial charge in [-0.1, -0.05) is 37.1 Å². The van der Waals surface area contributed by atoms with Gasteiger partial charge < -0.3 is 4.90 Å². The molecule has 2 fully saturated rings. The Morgan fingerprint density at radius 3 is 2.09 bits per heavy atom. The molecule has 1 saturated heterocycles. The number of hydrogen-bond acceptors (Lipinski definition) is 3. The molecule has 0 amide bonds. The van der Waals surface area contributed by atoms with Crippen molar-refractivity contribution in [2.45, 2.75) is 52.0 Å². The summed E-state index contributed by atoms with van der Waals surface area (Å²) in [5.41, 5.74) is 1.99. The molecule has 1 aromatic heterocycles. The van der Waals surface area contributed by atoms with Gasteiger partial charge in [0.1, 0.15) is 0 Å². The average molecular weight is 297 g/mol. The van der Waals surface area contributed by atoms with E-state index in [-0.39, 0.29) is 0 Å². The Kier molecular flexibility index (Phi) is 4.72. The third kappa shape index (κ3) is 3.14. The van der Waals surface area contributed by atoms with E-state index in [1.807, 2.05) is 26.0 Å². The van der Waals surface area contributed by atoms with Crippen LogP contribution in [-0.2, 0) is 0 Å². The van der Waals surface area contributed by atoms with Crippen LogP contribution in [0.4, 0.5) is 0 Å². The average Bonchev–Trinajstić information content (AvgIpc) is 2.94. The molecule has 0 bridgehead atoms. The molecule has 3 heteroatoms. The fourth-order valence-corrected chi connectivity index (χ4v) is 4.01. The lowest BCUT2D eigenvalue weighted by atomic mass is 9.85. The molecule has 1 saturated carbocycles. The summed E-state index contributed by atoms with van der Waals surface area (Å²) in [7, 11) is 2.29. The summed E-state index contributed by atoms with van der Waals surface area (Å²) in [4.78, 5) is 2.56. The van der Waals surface area contributed by atoms with E-state index in [2.05, 4.69) is 34.3 Å². The summed E-state index contributed by atoms with van der Waals surface area (Å²) in [6.45, 7) is 5.32. The predicted octanol–water partition coefficient (Wildman–Crippen LogP) is 4.13. The Hall–Kier alpha value is -1.48. The third-order valence-corrected chi connectivity index (χ3v) is 5.34. The summed E-state index contributed by atoms with van der Waals surface area (Å²) in [5.74, 6) is 1.07. The largest absolute Gasteiger partial charge is 0.303 e. The van der Waals surface area contributed by atoms with Gasteiger partial charge in [0, 0.05) is 16.8 Å². The number of benzene rings is 1. The Morgan fingerprint density at radius 1 is 0.909 bits per heavy atom. The van der Waals surface area contributed by atoms with Crippen molar-refractivity contribution in [3.63, 3.8) is 0 Å². The quantitative estimate of drug-likeness (QED) is 0.732. The predicted molar refractivity (Wildman–Crippen MR) is 92.0 cm³/mol. The minimum absolute atomic E-state index is 0.966. The van der Waals surface area contributed by atoms with Gasteiger partial charge >= 0.3 is 0 Å². The van der Waals surface area contributed by atoms with E-state index in [1.54, 1.807) is 0 Å². The van der Waals surface area contributed by atoms with E-state index in [1.165, 1.54) is 49.4 Å². The first-order valence-corrected chi connectivity index (χ1v) is 8.55. The number of rotatable bonds is 0. The number of aromatic nitrogens is 2. The van der Waals surface area contributed by atoms with Crippen molar-refractivity contribution < 1.29 is 0 Å². The lowest BCUT2D eigenvalue weighted by molar-refractivity contribution is 0.215. The van der Waals surface area contributed by atoms with Gasteiger partial charge in [0.05, 0.1) is 11.4 Å². The molecule has 3 nitrogen and oxygen atoms in total. The molecule has 2 aliphatic rings. The molecule has 1 aliphatic heterocycles. The lowest BCUT2D eigenvalue weighted by Gasteiger charge is -2.28. The van der Waals surface area contributed by atoms with Crippen LogP contribution in [0.2, 0.25) is 0 Å². The zero-order chi connectivity index (χ0) is 15.5. The van der Waals surface area contributed by atoms with E-state index in [0.717, 1.165) is 23.3 Å². The summed E-state index contributed by atoms with van der Waals surface area (Å²) >= 11 is 0. The van der Waals surface area contributed by atoms with E-state index in [4.69, 9.17) is 0 Å². The Morgan fingerprint density at radius 2 is 1.50 bits per heavy atom. The van der Waals surface area contributed by atoms with Crippen LogP contribution >= 0.6 is 0 Å². The Labute approximate surface area is 133 Å². The number of nitrogens with zero attached hydrogens (tertiary/aromatic N) is 3. The molecule has 0 spiro atoms. The van der Waals surface area contributed by atoms with Gasteiger partial charge in [0.25, 0.3) is 0 Å². The maximum Gasteiger partial charge on any atom is 0.0678 e.